The molecule has 162 valence electrons. The molecule has 0 unspecified atom stereocenters. The highest BCUT2D eigenvalue weighted by atomic mass is 32.2. The van der Waals surface area contributed by atoms with Crippen LogP contribution in [0.4, 0.5) is 0 Å². The number of sulfonamides is 1. The highest BCUT2D eigenvalue weighted by Crippen LogP contribution is 2.31. The van der Waals surface area contributed by atoms with Crippen molar-refractivity contribution in [3.8, 4) is 11.5 Å². The normalized spacial score (nSPS) is 13.2. The molecular formula is C22H28N2O5S. The average molecular weight is 433 g/mol. The van der Waals surface area contributed by atoms with Crippen LogP contribution in [-0.4, -0.2) is 46.0 Å². The molecule has 3 rings (SSSR count). The lowest BCUT2D eigenvalue weighted by molar-refractivity contribution is -0.130. The van der Waals surface area contributed by atoms with Gasteiger partial charge in [0.25, 0.3) is 0 Å². The lowest BCUT2D eigenvalue weighted by Gasteiger charge is -2.21. The van der Waals surface area contributed by atoms with Gasteiger partial charge in [0.15, 0.2) is 11.5 Å². The Morgan fingerprint density at radius 3 is 2.33 bits per heavy atom. The number of carbonyl (C=O) groups excluding carboxylic acids is 1. The van der Waals surface area contributed by atoms with E-state index in [2.05, 4.69) is 4.72 Å². The van der Waals surface area contributed by atoms with Crippen LogP contribution in [0.2, 0.25) is 0 Å². The fraction of sp³-hybridized carbons (Fsp3) is 0.409. The minimum Gasteiger partial charge on any atom is -0.486 e. The van der Waals surface area contributed by atoms with Crippen molar-refractivity contribution < 1.29 is 22.7 Å². The van der Waals surface area contributed by atoms with Crippen molar-refractivity contribution in [3.63, 3.8) is 0 Å². The van der Waals surface area contributed by atoms with Crippen molar-refractivity contribution in [2.75, 3.05) is 26.8 Å². The molecule has 1 amide bonds. The molecule has 0 spiro atoms. The third kappa shape index (κ3) is 5.12. The molecule has 0 aliphatic carbocycles. The number of nitrogens with zero attached hydrogens (tertiary/aromatic N) is 1. The number of nitrogens with one attached hydrogen (secondary N) is 1. The molecule has 0 radical (unpaired) electrons. The molecule has 7 nitrogen and oxygen atoms in total. The Kier molecular flexibility index (Phi) is 6.67. The van der Waals surface area contributed by atoms with Gasteiger partial charge in [-0.3, -0.25) is 4.79 Å². The predicted octanol–water partition coefficient (Wildman–Crippen LogP) is 2.71. The van der Waals surface area contributed by atoms with Gasteiger partial charge in [-0.2, -0.15) is 0 Å². The Balaban J connectivity index is 1.56. The second-order valence-electron chi connectivity index (χ2n) is 7.60. The van der Waals surface area contributed by atoms with Gasteiger partial charge < -0.3 is 14.4 Å². The first kappa shape index (κ1) is 22.1. The maximum absolute atomic E-state index is 12.7. The van der Waals surface area contributed by atoms with Gasteiger partial charge in [0.2, 0.25) is 15.9 Å². The second-order valence-corrected chi connectivity index (χ2v) is 9.31. The summed E-state index contributed by atoms with van der Waals surface area (Å²) in [4.78, 5) is 14.3. The van der Waals surface area contributed by atoms with Crippen LogP contribution in [0.5, 0.6) is 11.5 Å². The van der Waals surface area contributed by atoms with Gasteiger partial charge in [-0.25, -0.2) is 13.1 Å². The minimum atomic E-state index is -3.68. The number of aryl methyl sites for hydroxylation is 3. The molecule has 1 N–H and O–H groups in total. The summed E-state index contributed by atoms with van der Waals surface area (Å²) in [5.74, 6) is 1.23. The van der Waals surface area contributed by atoms with E-state index < -0.39 is 10.0 Å². The van der Waals surface area contributed by atoms with Gasteiger partial charge in [0, 0.05) is 26.6 Å². The number of benzene rings is 2. The second kappa shape index (κ2) is 9.06. The monoisotopic (exact) mass is 432 g/mol. The molecule has 0 atom stereocenters. The van der Waals surface area contributed by atoms with E-state index in [0.29, 0.717) is 42.4 Å². The largest absolute Gasteiger partial charge is 0.486 e. The van der Waals surface area contributed by atoms with Crippen molar-refractivity contribution in [2.24, 2.45) is 0 Å². The zero-order valence-corrected chi connectivity index (χ0v) is 18.6. The molecule has 0 saturated carbocycles. The lowest BCUT2D eigenvalue weighted by Crippen LogP contribution is -2.32. The summed E-state index contributed by atoms with van der Waals surface area (Å²) in [5, 5.41) is 0. The molecule has 0 bridgehead atoms. The molecule has 30 heavy (non-hydrogen) atoms. The molecule has 0 fully saturated rings. The minimum absolute atomic E-state index is 0.0411. The number of hydrogen-bond acceptors (Lipinski definition) is 5. The number of rotatable bonds is 7. The number of amides is 1. The van der Waals surface area contributed by atoms with E-state index in [0.717, 1.165) is 11.1 Å². The van der Waals surface area contributed by atoms with Crippen LogP contribution in [0.1, 0.15) is 28.7 Å². The molecule has 1 aliphatic rings. The van der Waals surface area contributed by atoms with Crippen LogP contribution in [0, 0.1) is 20.8 Å². The van der Waals surface area contributed by atoms with Crippen LogP contribution in [0.15, 0.2) is 35.2 Å². The first-order chi connectivity index (χ1) is 14.2. The van der Waals surface area contributed by atoms with E-state index in [-0.39, 0.29) is 23.8 Å². The Morgan fingerprint density at radius 2 is 1.67 bits per heavy atom. The number of fused-ring (bicyclic) bond motifs is 1. The van der Waals surface area contributed by atoms with Crippen molar-refractivity contribution >= 4 is 15.9 Å². The van der Waals surface area contributed by atoms with E-state index in [4.69, 9.17) is 9.47 Å². The van der Waals surface area contributed by atoms with E-state index in [1.165, 1.54) is 0 Å². The summed E-state index contributed by atoms with van der Waals surface area (Å²) in [6, 6.07) is 9.27. The number of hydrogen-bond donors (Lipinski definition) is 1. The van der Waals surface area contributed by atoms with E-state index in [9.17, 15) is 13.2 Å². The first-order valence-electron chi connectivity index (χ1n) is 9.87. The predicted molar refractivity (Wildman–Crippen MR) is 114 cm³/mol. The average Bonchev–Trinajstić information content (AvgIpc) is 2.66. The van der Waals surface area contributed by atoms with Gasteiger partial charge >= 0.3 is 0 Å². The summed E-state index contributed by atoms with van der Waals surface area (Å²) in [5.41, 5.74) is 3.32. The van der Waals surface area contributed by atoms with Gasteiger partial charge in [0.05, 0.1) is 4.90 Å². The van der Waals surface area contributed by atoms with Crippen LogP contribution in [0.25, 0.3) is 0 Å². The van der Waals surface area contributed by atoms with Crippen LogP contribution >= 0.6 is 0 Å². The summed E-state index contributed by atoms with van der Waals surface area (Å²) < 4.78 is 39.0. The van der Waals surface area contributed by atoms with Gasteiger partial charge in [0.1, 0.15) is 13.2 Å². The molecular weight excluding hydrogens is 404 g/mol. The summed E-state index contributed by atoms with van der Waals surface area (Å²) in [6.07, 6.45) is 0.0736. The fourth-order valence-electron chi connectivity index (χ4n) is 3.69. The Morgan fingerprint density at radius 1 is 1.03 bits per heavy atom. The van der Waals surface area contributed by atoms with Gasteiger partial charge in [-0.1, -0.05) is 23.8 Å². The van der Waals surface area contributed by atoms with Crippen molar-refractivity contribution in [3.05, 3.63) is 52.6 Å². The molecule has 0 saturated heterocycles. The third-order valence-corrected chi connectivity index (χ3v) is 6.72. The fourth-order valence-corrected chi connectivity index (χ4v) is 5.17. The molecule has 1 aliphatic heterocycles. The quantitative estimate of drug-likeness (QED) is 0.727. The van der Waals surface area contributed by atoms with Gasteiger partial charge in [-0.05, 0) is 49.6 Å². The van der Waals surface area contributed by atoms with Crippen LogP contribution in [-0.2, 0) is 21.4 Å². The molecule has 2 aromatic rings. The highest BCUT2D eigenvalue weighted by Gasteiger charge is 2.20. The molecule has 8 heteroatoms. The Bertz CT molecular complexity index is 1030. The first-order valence-corrected chi connectivity index (χ1v) is 11.4. The molecule has 0 aromatic heterocycles. The van der Waals surface area contributed by atoms with Gasteiger partial charge in [-0.15, -0.1) is 0 Å². The Hall–Kier alpha value is -2.58. The smallest absolute Gasteiger partial charge is 0.241 e. The van der Waals surface area contributed by atoms with Crippen LogP contribution < -0.4 is 14.2 Å². The van der Waals surface area contributed by atoms with Crippen LogP contribution in [0.3, 0.4) is 0 Å². The maximum atomic E-state index is 12.7. The van der Waals surface area contributed by atoms with E-state index in [1.54, 1.807) is 25.8 Å². The number of carbonyl (C=O) groups is 1. The zero-order chi connectivity index (χ0) is 21.9. The van der Waals surface area contributed by atoms with Crippen molar-refractivity contribution in [1.29, 1.82) is 0 Å². The SMILES string of the molecule is Cc1cc(C)c(S(=O)(=O)NCCC(=O)N(C)Cc2ccc3c(c2)OCCO3)c(C)c1. The Labute approximate surface area is 178 Å². The van der Waals surface area contributed by atoms with E-state index in [1.807, 2.05) is 37.3 Å². The van der Waals surface area contributed by atoms with E-state index >= 15 is 0 Å². The molecule has 1 heterocycles. The summed E-state index contributed by atoms with van der Waals surface area (Å²) in [6.45, 7) is 6.97. The summed E-state index contributed by atoms with van der Waals surface area (Å²) >= 11 is 0. The summed E-state index contributed by atoms with van der Waals surface area (Å²) in [7, 11) is -1.98. The zero-order valence-electron chi connectivity index (χ0n) is 17.8. The third-order valence-electron chi connectivity index (χ3n) is 4.96. The lowest BCUT2D eigenvalue weighted by atomic mass is 10.1. The number of ether oxygens (including phenoxy) is 2. The van der Waals surface area contributed by atoms with Crippen molar-refractivity contribution in [2.45, 2.75) is 38.6 Å². The van der Waals surface area contributed by atoms with Crippen molar-refractivity contribution in [1.82, 2.24) is 9.62 Å². The molecule has 2 aromatic carbocycles. The maximum Gasteiger partial charge on any atom is 0.241 e. The highest BCUT2D eigenvalue weighted by molar-refractivity contribution is 7.89. The standard InChI is InChI=1S/C22H28N2O5S/c1-15-11-16(2)22(17(3)12-15)30(26,27)23-8-7-21(25)24(4)14-18-5-6-19-20(13-18)29-10-9-28-19/h5-6,11-13,23H,7-10,14H2,1-4H3. The topological polar surface area (TPSA) is 84.9 Å².